The number of carbonyl (C=O) groups excluding carboxylic acids is 1. The van der Waals surface area contributed by atoms with Crippen LogP contribution in [-0.2, 0) is 4.79 Å². The molecule has 0 spiro atoms. The Morgan fingerprint density at radius 3 is 2.54 bits per heavy atom. The lowest BCUT2D eigenvalue weighted by atomic mass is 9.96. The first-order valence-electron chi connectivity index (χ1n) is 10.8. The maximum atomic E-state index is 12.7. The second kappa shape index (κ2) is 9.72. The summed E-state index contributed by atoms with van der Waals surface area (Å²) in [5.74, 6) is 0.893. The van der Waals surface area contributed by atoms with Gasteiger partial charge in [0.05, 0.1) is 25.4 Å². The molecule has 0 bridgehead atoms. The minimum absolute atomic E-state index is 0.102. The van der Waals surface area contributed by atoms with Crippen LogP contribution in [0.3, 0.4) is 0 Å². The average Bonchev–Trinajstić information content (AvgIpc) is 3.28. The largest absolute Gasteiger partial charge is 0.496 e. The van der Waals surface area contributed by atoms with E-state index < -0.39 is 10.8 Å². The molecule has 1 aromatic heterocycles. The number of rotatable bonds is 7. The molecular weight excluding hydrogens is 448 g/mol. The van der Waals surface area contributed by atoms with Crippen LogP contribution in [0, 0.1) is 17.0 Å². The highest BCUT2D eigenvalue weighted by Gasteiger charge is 2.20. The quantitative estimate of drug-likeness (QED) is 0.190. The molecule has 1 amide bonds. The van der Waals surface area contributed by atoms with Gasteiger partial charge in [0.25, 0.3) is 5.69 Å². The number of aryl methyl sites for hydroxylation is 1. The third-order valence-corrected chi connectivity index (χ3v) is 5.74. The van der Waals surface area contributed by atoms with Crippen LogP contribution in [0.4, 0.5) is 11.4 Å². The van der Waals surface area contributed by atoms with Crippen LogP contribution in [0.5, 0.6) is 11.5 Å². The third-order valence-electron chi connectivity index (χ3n) is 5.74. The minimum Gasteiger partial charge on any atom is -0.496 e. The van der Waals surface area contributed by atoms with Crippen molar-refractivity contribution in [1.29, 1.82) is 0 Å². The Hall–Kier alpha value is -4.59. The summed E-state index contributed by atoms with van der Waals surface area (Å²) >= 11 is 0. The van der Waals surface area contributed by atoms with Gasteiger partial charge in [-0.15, -0.1) is 0 Å². The van der Waals surface area contributed by atoms with E-state index in [0.717, 1.165) is 27.6 Å². The van der Waals surface area contributed by atoms with E-state index in [1.807, 2.05) is 37.3 Å². The number of nitrogens with one attached hydrogen (secondary N) is 1. The zero-order valence-electron chi connectivity index (χ0n) is 19.7. The highest BCUT2D eigenvalue weighted by Crippen LogP contribution is 2.42. The first-order valence-corrected chi connectivity index (χ1v) is 10.8. The maximum absolute atomic E-state index is 12.7. The van der Waals surface area contributed by atoms with E-state index in [1.165, 1.54) is 24.3 Å². The van der Waals surface area contributed by atoms with E-state index in [1.54, 1.807) is 33.5 Å². The van der Waals surface area contributed by atoms with Crippen molar-refractivity contribution in [2.24, 2.45) is 0 Å². The number of non-ortho nitro benzene ring substituents is 1. The number of methoxy groups -OCH3 is 2. The molecule has 8 nitrogen and oxygen atoms in total. The first-order chi connectivity index (χ1) is 16.8. The summed E-state index contributed by atoms with van der Waals surface area (Å²) in [6.45, 7) is 3.70. The van der Waals surface area contributed by atoms with Crippen LogP contribution in [-0.4, -0.2) is 25.1 Å². The fraction of sp³-hybridized carbons (Fsp3) is 0.148. The zero-order chi connectivity index (χ0) is 25.1. The molecule has 0 radical (unpaired) electrons. The number of hydrogen-bond acceptors (Lipinski definition) is 6. The van der Waals surface area contributed by atoms with Crippen LogP contribution in [0.1, 0.15) is 18.1 Å². The van der Waals surface area contributed by atoms with Crippen molar-refractivity contribution in [2.45, 2.75) is 13.8 Å². The first kappa shape index (κ1) is 23.6. The van der Waals surface area contributed by atoms with Gasteiger partial charge in [-0.25, -0.2) is 0 Å². The van der Waals surface area contributed by atoms with Crippen molar-refractivity contribution in [3.8, 4) is 22.6 Å². The second-order valence-electron chi connectivity index (χ2n) is 7.93. The Kier molecular flexibility index (Phi) is 6.55. The highest BCUT2D eigenvalue weighted by atomic mass is 16.6. The summed E-state index contributed by atoms with van der Waals surface area (Å²) in [6, 6.07) is 15.4. The van der Waals surface area contributed by atoms with Gasteiger partial charge in [-0.2, -0.15) is 0 Å². The van der Waals surface area contributed by atoms with Crippen molar-refractivity contribution in [2.75, 3.05) is 19.5 Å². The number of amides is 1. The number of furan rings is 1. The molecule has 0 aliphatic carbocycles. The standard InChI is InChI=1S/C27H24N2O6/c1-16(12-25(30)28-18-8-7-9-19(13-18)29(31)32)21-14-22-23(20-10-5-6-11-24(20)33-3)15-35-27(22)17(2)26(21)34-4/h5-15H,1-4H3,(H,28,30)/b16-12+. The van der Waals surface area contributed by atoms with Crippen molar-refractivity contribution in [1.82, 2.24) is 0 Å². The Balaban J connectivity index is 1.76. The van der Waals surface area contributed by atoms with E-state index in [2.05, 4.69) is 5.32 Å². The molecule has 0 atom stereocenters. The lowest BCUT2D eigenvalue weighted by Gasteiger charge is -2.14. The van der Waals surface area contributed by atoms with E-state index in [9.17, 15) is 14.9 Å². The highest BCUT2D eigenvalue weighted by molar-refractivity contribution is 6.06. The van der Waals surface area contributed by atoms with Crippen LogP contribution in [0.25, 0.3) is 27.7 Å². The molecule has 178 valence electrons. The fourth-order valence-electron chi connectivity index (χ4n) is 4.10. The van der Waals surface area contributed by atoms with Crippen molar-refractivity contribution in [3.05, 3.63) is 88.2 Å². The normalized spacial score (nSPS) is 11.4. The summed E-state index contributed by atoms with van der Waals surface area (Å²) in [6.07, 6.45) is 3.12. The van der Waals surface area contributed by atoms with Crippen molar-refractivity contribution in [3.63, 3.8) is 0 Å². The number of para-hydroxylation sites is 1. The topological polar surface area (TPSA) is 104 Å². The summed E-state index contributed by atoms with van der Waals surface area (Å²) in [7, 11) is 3.19. The molecule has 0 unspecified atom stereocenters. The molecule has 0 saturated carbocycles. The van der Waals surface area contributed by atoms with Gasteiger partial charge < -0.3 is 19.2 Å². The number of nitro groups is 1. The number of nitrogens with zero attached hydrogens (tertiary/aromatic N) is 1. The molecule has 8 heteroatoms. The van der Waals surface area contributed by atoms with Gasteiger partial charge in [0.2, 0.25) is 5.91 Å². The minimum atomic E-state index is -0.510. The number of ether oxygens (including phenoxy) is 2. The van der Waals surface area contributed by atoms with Gasteiger partial charge in [-0.1, -0.05) is 24.3 Å². The van der Waals surface area contributed by atoms with Gasteiger partial charge in [-0.05, 0) is 37.6 Å². The summed E-state index contributed by atoms with van der Waals surface area (Å²) in [4.78, 5) is 23.2. The average molecular weight is 472 g/mol. The lowest BCUT2D eigenvalue weighted by Crippen LogP contribution is -2.09. The summed E-state index contributed by atoms with van der Waals surface area (Å²) < 4.78 is 17.1. The molecule has 1 N–H and O–H groups in total. The number of carbonyl (C=O) groups is 1. The van der Waals surface area contributed by atoms with Crippen LogP contribution >= 0.6 is 0 Å². The molecule has 4 rings (SSSR count). The molecule has 0 saturated heterocycles. The monoisotopic (exact) mass is 472 g/mol. The van der Waals surface area contributed by atoms with Crippen LogP contribution in [0.2, 0.25) is 0 Å². The summed E-state index contributed by atoms with van der Waals surface area (Å²) in [5.41, 5.74) is 4.84. The Bertz CT molecular complexity index is 1470. The Morgan fingerprint density at radius 1 is 1.06 bits per heavy atom. The van der Waals surface area contributed by atoms with E-state index >= 15 is 0 Å². The second-order valence-corrected chi connectivity index (χ2v) is 7.93. The van der Waals surface area contributed by atoms with E-state index in [-0.39, 0.29) is 5.69 Å². The smallest absolute Gasteiger partial charge is 0.271 e. The number of fused-ring (bicyclic) bond motifs is 1. The van der Waals surface area contributed by atoms with Crippen molar-refractivity contribution >= 4 is 33.8 Å². The molecular formula is C27H24N2O6. The molecule has 0 aliphatic heterocycles. The number of anilines is 1. The van der Waals surface area contributed by atoms with E-state index in [0.29, 0.717) is 28.3 Å². The molecule has 4 aromatic rings. The number of hydrogen-bond donors (Lipinski definition) is 1. The predicted octanol–water partition coefficient (Wildman–Crippen LogP) is 6.38. The van der Waals surface area contributed by atoms with Crippen LogP contribution in [0.15, 0.2) is 71.4 Å². The Labute approximate surface area is 201 Å². The van der Waals surface area contributed by atoms with Gasteiger partial charge in [-0.3, -0.25) is 14.9 Å². The van der Waals surface area contributed by atoms with Gasteiger partial charge in [0.1, 0.15) is 17.1 Å². The SMILES string of the molecule is COc1ccccc1-c1coc2c(C)c(OC)c(/C(C)=C/C(=O)Nc3cccc([N+](=O)[O-])c3)cc12. The third kappa shape index (κ3) is 4.59. The molecule has 35 heavy (non-hydrogen) atoms. The van der Waals surface area contributed by atoms with Gasteiger partial charge >= 0.3 is 0 Å². The van der Waals surface area contributed by atoms with Crippen molar-refractivity contribution < 1.29 is 23.6 Å². The Morgan fingerprint density at radius 2 is 1.83 bits per heavy atom. The number of benzene rings is 3. The predicted molar refractivity (Wildman–Crippen MR) is 135 cm³/mol. The molecule has 1 heterocycles. The van der Waals surface area contributed by atoms with Gasteiger partial charge in [0, 0.05) is 51.5 Å². The number of allylic oxidation sites excluding steroid dienone is 1. The zero-order valence-corrected chi connectivity index (χ0v) is 19.7. The molecule has 0 aliphatic rings. The lowest BCUT2D eigenvalue weighted by molar-refractivity contribution is -0.384. The van der Waals surface area contributed by atoms with Gasteiger partial charge in [0.15, 0.2) is 0 Å². The van der Waals surface area contributed by atoms with E-state index in [4.69, 9.17) is 13.9 Å². The van der Waals surface area contributed by atoms with Crippen LogP contribution < -0.4 is 14.8 Å². The maximum Gasteiger partial charge on any atom is 0.271 e. The molecule has 0 fully saturated rings. The summed E-state index contributed by atoms with van der Waals surface area (Å²) in [5, 5.41) is 14.5. The molecule has 3 aromatic carbocycles. The fourth-order valence-corrected chi connectivity index (χ4v) is 4.10. The number of nitro benzene ring substituents is 1.